The molecule has 19 heavy (non-hydrogen) atoms. The van der Waals surface area contributed by atoms with Gasteiger partial charge in [-0.1, -0.05) is 11.6 Å². The molecule has 2 aliphatic rings. The van der Waals surface area contributed by atoms with Crippen molar-refractivity contribution in [1.82, 2.24) is 0 Å². The summed E-state index contributed by atoms with van der Waals surface area (Å²) in [4.78, 5) is 11.3. The van der Waals surface area contributed by atoms with Gasteiger partial charge in [0.05, 0.1) is 11.7 Å². The zero-order chi connectivity index (χ0) is 13.6. The predicted octanol–water partition coefficient (Wildman–Crippen LogP) is 3.78. The predicted molar refractivity (Wildman–Crippen MR) is 69.7 cm³/mol. The molecule has 1 atom stereocenters. The van der Waals surface area contributed by atoms with Gasteiger partial charge in [0.15, 0.2) is 0 Å². The van der Waals surface area contributed by atoms with Crippen LogP contribution in [0.1, 0.15) is 54.6 Å². The van der Waals surface area contributed by atoms with E-state index in [2.05, 4.69) is 0 Å². The van der Waals surface area contributed by atoms with Crippen LogP contribution in [0.4, 0.5) is 0 Å². The molecule has 0 bridgehead atoms. The van der Waals surface area contributed by atoms with Gasteiger partial charge in [-0.3, -0.25) is 0 Å². The molecular formula is C14H15ClO4. The first-order valence-electron chi connectivity index (χ1n) is 6.44. The van der Waals surface area contributed by atoms with Gasteiger partial charge in [-0.15, -0.1) is 0 Å². The van der Waals surface area contributed by atoms with Gasteiger partial charge in [0.25, 0.3) is 0 Å². The van der Waals surface area contributed by atoms with E-state index in [1.54, 1.807) is 6.07 Å². The highest BCUT2D eigenvalue weighted by Crippen LogP contribution is 2.47. The molecule has 102 valence electrons. The minimum Gasteiger partial charge on any atom is -0.478 e. The minimum absolute atomic E-state index is 0.155. The Morgan fingerprint density at radius 1 is 1.42 bits per heavy atom. The van der Waals surface area contributed by atoms with E-state index in [0.29, 0.717) is 16.3 Å². The van der Waals surface area contributed by atoms with E-state index in [-0.39, 0.29) is 11.7 Å². The summed E-state index contributed by atoms with van der Waals surface area (Å²) < 4.78 is 11.9. The summed E-state index contributed by atoms with van der Waals surface area (Å²) in [6, 6.07) is 3.13. The third-order valence-electron chi connectivity index (χ3n) is 3.80. The van der Waals surface area contributed by atoms with Crippen molar-refractivity contribution in [3.8, 4) is 5.75 Å². The minimum atomic E-state index is -1.01. The van der Waals surface area contributed by atoms with Gasteiger partial charge in [0, 0.05) is 23.4 Å². The zero-order valence-electron chi connectivity index (χ0n) is 10.6. The van der Waals surface area contributed by atoms with Crippen LogP contribution in [-0.2, 0) is 4.74 Å². The van der Waals surface area contributed by atoms with Crippen LogP contribution < -0.4 is 4.74 Å². The number of carbonyl (C=O) groups is 1. The Balaban J connectivity index is 2.10. The van der Waals surface area contributed by atoms with Crippen molar-refractivity contribution in [2.75, 3.05) is 0 Å². The Bertz CT molecular complexity index is 534. The standard InChI is InChI=1S/C14H15ClO4/c1-8-12-10(13(16)17)6-9(15)7-11(12)19-14(18-8)4-2-3-5-14/h6-8H,2-5H2,1H3,(H,16,17). The van der Waals surface area contributed by atoms with Crippen LogP contribution in [0.2, 0.25) is 5.02 Å². The maximum absolute atomic E-state index is 11.3. The molecule has 1 aromatic carbocycles. The number of hydrogen-bond acceptors (Lipinski definition) is 3. The van der Waals surface area contributed by atoms with Crippen molar-refractivity contribution in [2.24, 2.45) is 0 Å². The second-order valence-corrected chi connectivity index (χ2v) is 5.59. The summed E-state index contributed by atoms with van der Waals surface area (Å²) in [6.07, 6.45) is 3.51. The molecule has 1 saturated carbocycles. The number of aromatic carboxylic acids is 1. The number of ether oxygens (including phenoxy) is 2. The average molecular weight is 283 g/mol. The fourth-order valence-electron chi connectivity index (χ4n) is 3.01. The molecule has 1 aliphatic heterocycles. The first-order valence-corrected chi connectivity index (χ1v) is 6.82. The molecular weight excluding hydrogens is 268 g/mol. The summed E-state index contributed by atoms with van der Waals surface area (Å²) in [5.74, 6) is -1.06. The van der Waals surface area contributed by atoms with E-state index >= 15 is 0 Å². The van der Waals surface area contributed by atoms with Gasteiger partial charge in [0.2, 0.25) is 5.79 Å². The monoisotopic (exact) mass is 282 g/mol. The van der Waals surface area contributed by atoms with Crippen LogP contribution in [0.5, 0.6) is 5.75 Å². The summed E-state index contributed by atoms with van der Waals surface area (Å²) >= 11 is 5.98. The van der Waals surface area contributed by atoms with E-state index < -0.39 is 11.8 Å². The fourth-order valence-corrected chi connectivity index (χ4v) is 3.22. The van der Waals surface area contributed by atoms with Crippen LogP contribution in [0, 0.1) is 0 Å². The molecule has 1 fully saturated rings. The van der Waals surface area contributed by atoms with E-state index in [1.807, 2.05) is 6.92 Å². The highest BCUT2D eigenvalue weighted by molar-refractivity contribution is 6.31. The van der Waals surface area contributed by atoms with Crippen LogP contribution in [0.25, 0.3) is 0 Å². The first-order chi connectivity index (χ1) is 9.01. The van der Waals surface area contributed by atoms with E-state index in [4.69, 9.17) is 21.1 Å². The molecule has 0 saturated heterocycles. The Kier molecular flexibility index (Phi) is 2.95. The summed E-state index contributed by atoms with van der Waals surface area (Å²) in [6.45, 7) is 1.86. The summed E-state index contributed by atoms with van der Waals surface area (Å²) in [7, 11) is 0. The lowest BCUT2D eigenvalue weighted by Gasteiger charge is -2.39. The Hall–Kier alpha value is -1.26. The first kappa shape index (κ1) is 12.8. The molecule has 0 radical (unpaired) electrons. The number of carboxylic acids is 1. The Labute approximate surface area is 116 Å². The quantitative estimate of drug-likeness (QED) is 0.852. The van der Waals surface area contributed by atoms with E-state index in [1.165, 1.54) is 6.07 Å². The summed E-state index contributed by atoms with van der Waals surface area (Å²) in [5.41, 5.74) is 0.734. The molecule has 1 N–H and O–H groups in total. The van der Waals surface area contributed by atoms with Gasteiger partial charge < -0.3 is 14.6 Å². The topological polar surface area (TPSA) is 55.8 Å². The molecule has 1 aliphatic carbocycles. The maximum Gasteiger partial charge on any atom is 0.336 e. The Morgan fingerprint density at radius 3 is 2.74 bits per heavy atom. The largest absolute Gasteiger partial charge is 0.478 e. The lowest BCUT2D eigenvalue weighted by atomic mass is 9.99. The van der Waals surface area contributed by atoms with Gasteiger partial charge in [-0.05, 0) is 31.9 Å². The molecule has 1 heterocycles. The highest BCUT2D eigenvalue weighted by atomic mass is 35.5. The number of benzene rings is 1. The van der Waals surface area contributed by atoms with Gasteiger partial charge in [-0.2, -0.15) is 0 Å². The normalized spacial score (nSPS) is 24.0. The van der Waals surface area contributed by atoms with Gasteiger partial charge in [0.1, 0.15) is 5.75 Å². The van der Waals surface area contributed by atoms with Crippen LogP contribution in [0.15, 0.2) is 12.1 Å². The molecule has 0 amide bonds. The molecule has 1 aromatic rings. The van der Waals surface area contributed by atoms with Crippen molar-refractivity contribution >= 4 is 17.6 Å². The Morgan fingerprint density at radius 2 is 2.11 bits per heavy atom. The number of halogens is 1. The number of hydrogen-bond donors (Lipinski definition) is 1. The summed E-state index contributed by atoms with van der Waals surface area (Å²) in [5, 5.41) is 9.64. The zero-order valence-corrected chi connectivity index (χ0v) is 11.4. The molecule has 0 aromatic heterocycles. The number of carboxylic acid groups (broad SMARTS) is 1. The second kappa shape index (κ2) is 4.39. The third kappa shape index (κ3) is 2.09. The fraction of sp³-hybridized carbons (Fsp3) is 0.500. The highest BCUT2D eigenvalue weighted by Gasteiger charge is 2.44. The van der Waals surface area contributed by atoms with Crippen molar-refractivity contribution < 1.29 is 19.4 Å². The van der Waals surface area contributed by atoms with Crippen LogP contribution >= 0.6 is 11.6 Å². The van der Waals surface area contributed by atoms with Crippen molar-refractivity contribution in [3.63, 3.8) is 0 Å². The second-order valence-electron chi connectivity index (χ2n) is 5.15. The smallest absolute Gasteiger partial charge is 0.336 e. The van der Waals surface area contributed by atoms with Crippen LogP contribution in [0.3, 0.4) is 0 Å². The molecule has 4 nitrogen and oxygen atoms in total. The van der Waals surface area contributed by atoms with Gasteiger partial charge >= 0.3 is 5.97 Å². The van der Waals surface area contributed by atoms with Crippen molar-refractivity contribution in [1.29, 1.82) is 0 Å². The van der Waals surface area contributed by atoms with Crippen molar-refractivity contribution in [3.05, 3.63) is 28.3 Å². The molecule has 3 rings (SSSR count). The molecule has 1 unspecified atom stereocenters. The lowest BCUT2D eigenvalue weighted by Crippen LogP contribution is -2.41. The van der Waals surface area contributed by atoms with Gasteiger partial charge in [-0.25, -0.2) is 4.79 Å². The third-order valence-corrected chi connectivity index (χ3v) is 4.01. The average Bonchev–Trinajstić information content (AvgIpc) is 2.75. The maximum atomic E-state index is 11.3. The van der Waals surface area contributed by atoms with Crippen LogP contribution in [-0.4, -0.2) is 16.9 Å². The molecule has 1 spiro atoms. The number of fused-ring (bicyclic) bond motifs is 1. The number of rotatable bonds is 1. The molecule has 5 heteroatoms. The lowest BCUT2D eigenvalue weighted by molar-refractivity contribution is -0.221. The SMILES string of the molecule is CC1OC2(CCCC2)Oc2cc(Cl)cc(C(=O)O)c21. The van der Waals surface area contributed by atoms with E-state index in [9.17, 15) is 9.90 Å². The van der Waals surface area contributed by atoms with Crippen molar-refractivity contribution in [2.45, 2.75) is 44.5 Å². The van der Waals surface area contributed by atoms with E-state index in [0.717, 1.165) is 25.7 Å².